The van der Waals surface area contributed by atoms with Crippen LogP contribution in [0.5, 0.6) is 0 Å². The number of nitro benzene ring substituents is 1. The SMILES string of the molecule is O=C(NCCC1=CCN(Cc2ccccc2)CC1)c1noc(-c2ccc([N+](=O)[O-])cc2)n1. The van der Waals surface area contributed by atoms with Crippen molar-refractivity contribution in [2.45, 2.75) is 19.4 Å². The summed E-state index contributed by atoms with van der Waals surface area (Å²) < 4.78 is 5.12. The fourth-order valence-corrected chi connectivity index (χ4v) is 3.54. The molecule has 9 nitrogen and oxygen atoms in total. The standard InChI is InChI=1S/C23H23N5O4/c29-22(21-25-23(32-26-21)19-6-8-20(9-7-19)28(30)31)24-13-10-17-11-14-27(15-12-17)16-18-4-2-1-3-5-18/h1-9,11H,10,12-16H2,(H,24,29). The van der Waals surface area contributed by atoms with Gasteiger partial charge in [-0.3, -0.25) is 19.8 Å². The second kappa shape index (κ2) is 9.97. The van der Waals surface area contributed by atoms with E-state index in [1.165, 1.54) is 35.4 Å². The number of benzene rings is 2. The van der Waals surface area contributed by atoms with Crippen LogP contribution < -0.4 is 5.32 Å². The zero-order chi connectivity index (χ0) is 22.3. The van der Waals surface area contributed by atoms with E-state index in [-0.39, 0.29) is 17.4 Å². The van der Waals surface area contributed by atoms with Gasteiger partial charge >= 0.3 is 0 Å². The van der Waals surface area contributed by atoms with Gasteiger partial charge in [-0.1, -0.05) is 47.1 Å². The highest BCUT2D eigenvalue weighted by molar-refractivity contribution is 5.90. The lowest BCUT2D eigenvalue weighted by atomic mass is 10.0. The predicted molar refractivity (Wildman–Crippen MR) is 118 cm³/mol. The van der Waals surface area contributed by atoms with E-state index in [1.54, 1.807) is 0 Å². The average molecular weight is 433 g/mol. The summed E-state index contributed by atoms with van der Waals surface area (Å²) >= 11 is 0. The molecule has 0 saturated carbocycles. The number of carbonyl (C=O) groups excluding carboxylic acids is 1. The molecular formula is C23H23N5O4. The van der Waals surface area contributed by atoms with Crippen LogP contribution in [0.1, 0.15) is 29.0 Å². The van der Waals surface area contributed by atoms with Crippen LogP contribution >= 0.6 is 0 Å². The minimum absolute atomic E-state index is 0.0357. The smallest absolute Gasteiger partial charge is 0.292 e. The number of hydrogen-bond donors (Lipinski definition) is 1. The molecule has 1 amide bonds. The lowest BCUT2D eigenvalue weighted by Crippen LogP contribution is -2.30. The lowest BCUT2D eigenvalue weighted by Gasteiger charge is -2.26. The van der Waals surface area contributed by atoms with E-state index in [0.717, 1.165) is 32.5 Å². The van der Waals surface area contributed by atoms with Crippen LogP contribution in [0, 0.1) is 10.1 Å². The Kier molecular flexibility index (Phi) is 6.66. The number of nitro groups is 1. The van der Waals surface area contributed by atoms with Gasteiger partial charge in [0.2, 0.25) is 0 Å². The number of nitrogens with zero attached hydrogens (tertiary/aromatic N) is 4. The summed E-state index contributed by atoms with van der Waals surface area (Å²) in [6.45, 7) is 3.33. The van der Waals surface area contributed by atoms with Crippen LogP contribution in [0.15, 0.2) is 70.8 Å². The Morgan fingerprint density at radius 3 is 2.62 bits per heavy atom. The van der Waals surface area contributed by atoms with E-state index in [1.807, 2.05) is 6.07 Å². The first kappa shape index (κ1) is 21.4. The summed E-state index contributed by atoms with van der Waals surface area (Å²) in [4.78, 5) is 29.1. The van der Waals surface area contributed by atoms with Crippen LogP contribution in [-0.4, -0.2) is 45.5 Å². The zero-order valence-electron chi connectivity index (χ0n) is 17.4. The molecule has 0 unspecified atom stereocenters. The van der Waals surface area contributed by atoms with Crippen molar-refractivity contribution < 1.29 is 14.2 Å². The number of rotatable bonds is 8. The van der Waals surface area contributed by atoms with Crippen LogP contribution in [-0.2, 0) is 6.54 Å². The third-order valence-electron chi connectivity index (χ3n) is 5.32. The molecule has 2 heterocycles. The fourth-order valence-electron chi connectivity index (χ4n) is 3.54. The summed E-state index contributed by atoms with van der Waals surface area (Å²) in [5, 5.41) is 17.3. The van der Waals surface area contributed by atoms with Crippen LogP contribution in [0.4, 0.5) is 5.69 Å². The van der Waals surface area contributed by atoms with Gasteiger partial charge in [-0.05, 0) is 30.5 Å². The largest absolute Gasteiger partial charge is 0.349 e. The molecule has 9 heteroatoms. The Balaban J connectivity index is 1.24. The van der Waals surface area contributed by atoms with Gasteiger partial charge in [0, 0.05) is 43.9 Å². The van der Waals surface area contributed by atoms with Crippen molar-refractivity contribution in [1.29, 1.82) is 0 Å². The average Bonchev–Trinajstić information content (AvgIpc) is 3.31. The first-order valence-electron chi connectivity index (χ1n) is 10.4. The van der Waals surface area contributed by atoms with Gasteiger partial charge in [0.25, 0.3) is 23.3 Å². The van der Waals surface area contributed by atoms with Crippen LogP contribution in [0.2, 0.25) is 0 Å². The second-order valence-corrected chi connectivity index (χ2v) is 7.57. The summed E-state index contributed by atoms with van der Waals surface area (Å²) in [6, 6.07) is 16.1. The highest BCUT2D eigenvalue weighted by Gasteiger charge is 2.17. The Bertz CT molecular complexity index is 1110. The number of amides is 1. The van der Waals surface area contributed by atoms with Crippen molar-refractivity contribution in [2.24, 2.45) is 0 Å². The number of non-ortho nitro benzene ring substituents is 1. The minimum atomic E-state index is -0.487. The maximum atomic E-state index is 12.3. The van der Waals surface area contributed by atoms with Gasteiger partial charge in [0.1, 0.15) is 0 Å². The molecule has 4 rings (SSSR count). The molecular weight excluding hydrogens is 410 g/mol. The van der Waals surface area contributed by atoms with Crippen LogP contribution in [0.25, 0.3) is 11.5 Å². The molecule has 0 saturated heterocycles. The predicted octanol–water partition coefficient (Wildman–Crippen LogP) is 3.60. The van der Waals surface area contributed by atoms with Crippen molar-refractivity contribution >= 4 is 11.6 Å². The Morgan fingerprint density at radius 2 is 1.94 bits per heavy atom. The van der Waals surface area contributed by atoms with E-state index in [9.17, 15) is 14.9 Å². The number of hydrogen-bond acceptors (Lipinski definition) is 7. The van der Waals surface area contributed by atoms with E-state index in [4.69, 9.17) is 4.52 Å². The summed E-state index contributed by atoms with van der Waals surface area (Å²) in [5.41, 5.74) is 3.11. The van der Waals surface area contributed by atoms with Crippen molar-refractivity contribution in [2.75, 3.05) is 19.6 Å². The van der Waals surface area contributed by atoms with Gasteiger partial charge in [-0.2, -0.15) is 4.98 Å². The summed E-state index contributed by atoms with van der Waals surface area (Å²) in [7, 11) is 0. The molecule has 0 radical (unpaired) electrons. The molecule has 1 aliphatic rings. The van der Waals surface area contributed by atoms with Gasteiger partial charge in [0.15, 0.2) is 0 Å². The Morgan fingerprint density at radius 1 is 1.16 bits per heavy atom. The summed E-state index contributed by atoms with van der Waals surface area (Å²) in [6.07, 6.45) is 3.99. The molecule has 2 aromatic carbocycles. The summed E-state index contributed by atoms with van der Waals surface area (Å²) in [5.74, 6) is -0.340. The fraction of sp³-hybridized carbons (Fsp3) is 0.261. The van der Waals surface area contributed by atoms with Gasteiger partial charge < -0.3 is 9.84 Å². The van der Waals surface area contributed by atoms with E-state index >= 15 is 0 Å². The number of nitrogens with one attached hydrogen (secondary N) is 1. The molecule has 1 N–H and O–H groups in total. The third kappa shape index (κ3) is 5.44. The molecule has 1 aromatic heterocycles. The number of aromatic nitrogens is 2. The van der Waals surface area contributed by atoms with Crippen molar-refractivity contribution in [3.8, 4) is 11.5 Å². The van der Waals surface area contributed by atoms with E-state index < -0.39 is 10.8 Å². The van der Waals surface area contributed by atoms with Gasteiger partial charge in [-0.25, -0.2) is 0 Å². The monoisotopic (exact) mass is 433 g/mol. The number of carbonyl (C=O) groups is 1. The Hall–Kier alpha value is -3.85. The molecule has 0 atom stereocenters. The molecule has 0 fully saturated rings. The quantitative estimate of drug-likeness (QED) is 0.328. The third-order valence-corrected chi connectivity index (χ3v) is 5.32. The maximum absolute atomic E-state index is 12.3. The first-order chi connectivity index (χ1) is 15.6. The highest BCUT2D eigenvalue weighted by atomic mass is 16.6. The van der Waals surface area contributed by atoms with Crippen molar-refractivity contribution in [3.05, 3.63) is 87.7 Å². The lowest BCUT2D eigenvalue weighted by molar-refractivity contribution is -0.384. The normalized spacial score (nSPS) is 14.1. The Labute approximate surface area is 184 Å². The zero-order valence-corrected chi connectivity index (χ0v) is 17.4. The molecule has 0 spiro atoms. The van der Waals surface area contributed by atoms with Crippen LogP contribution in [0.3, 0.4) is 0 Å². The second-order valence-electron chi connectivity index (χ2n) is 7.57. The highest BCUT2D eigenvalue weighted by Crippen LogP contribution is 2.21. The molecule has 3 aromatic rings. The molecule has 164 valence electrons. The van der Waals surface area contributed by atoms with Crippen molar-refractivity contribution in [1.82, 2.24) is 20.4 Å². The maximum Gasteiger partial charge on any atom is 0.292 e. The molecule has 32 heavy (non-hydrogen) atoms. The van der Waals surface area contributed by atoms with Crippen molar-refractivity contribution in [3.63, 3.8) is 0 Å². The van der Waals surface area contributed by atoms with Gasteiger partial charge in [0.05, 0.1) is 4.92 Å². The minimum Gasteiger partial charge on any atom is -0.349 e. The van der Waals surface area contributed by atoms with E-state index in [0.29, 0.717) is 12.1 Å². The van der Waals surface area contributed by atoms with E-state index in [2.05, 4.69) is 50.7 Å². The molecule has 1 aliphatic heterocycles. The molecule has 0 aliphatic carbocycles. The first-order valence-corrected chi connectivity index (χ1v) is 10.4. The van der Waals surface area contributed by atoms with Gasteiger partial charge in [-0.15, -0.1) is 0 Å². The molecule has 0 bridgehead atoms. The topological polar surface area (TPSA) is 114 Å².